The van der Waals surface area contributed by atoms with Gasteiger partial charge in [-0.15, -0.1) is 0 Å². The number of carbonyl (C=O) groups is 4. The zero-order valence-corrected chi connectivity index (χ0v) is 10.4. The second-order valence-electron chi connectivity index (χ2n) is 3.72. The maximum absolute atomic E-state index is 11.3. The van der Waals surface area contributed by atoms with Crippen molar-refractivity contribution in [3.63, 3.8) is 0 Å². The van der Waals surface area contributed by atoms with Gasteiger partial charge in [-0.3, -0.25) is 14.4 Å². The molecule has 20 heavy (non-hydrogen) atoms. The highest BCUT2D eigenvalue weighted by atomic mass is 16.6. The fourth-order valence-corrected chi connectivity index (χ4v) is 1.40. The standard InChI is InChI=1S/C11H13O9/c1-3-6(20-7(13)4-5(2)12)11(8(14)15,9(16)17)10(18)19/h4,6,12H,1,3H2,2H3,(H,14,15)(H,16,17)(H,18,19). The molecule has 0 aromatic heterocycles. The third-order valence-corrected chi connectivity index (χ3v) is 2.34. The number of carbonyl (C=O) groups excluding carboxylic acids is 1. The van der Waals surface area contributed by atoms with E-state index in [1.807, 2.05) is 0 Å². The molecule has 0 saturated carbocycles. The van der Waals surface area contributed by atoms with Crippen LogP contribution in [0.2, 0.25) is 0 Å². The lowest BCUT2D eigenvalue weighted by molar-refractivity contribution is -0.188. The van der Waals surface area contributed by atoms with Gasteiger partial charge in [-0.25, -0.2) is 4.79 Å². The van der Waals surface area contributed by atoms with E-state index in [1.165, 1.54) is 0 Å². The topological polar surface area (TPSA) is 158 Å². The van der Waals surface area contributed by atoms with Crippen molar-refractivity contribution in [1.82, 2.24) is 0 Å². The molecule has 9 heteroatoms. The van der Waals surface area contributed by atoms with Gasteiger partial charge in [0.25, 0.3) is 5.41 Å². The summed E-state index contributed by atoms with van der Waals surface area (Å²) in [5.41, 5.74) is -3.38. The van der Waals surface area contributed by atoms with E-state index in [1.54, 1.807) is 0 Å². The molecule has 0 bridgehead atoms. The lowest BCUT2D eigenvalue weighted by Gasteiger charge is -2.28. The summed E-state index contributed by atoms with van der Waals surface area (Å²) in [6, 6.07) is 0. The van der Waals surface area contributed by atoms with Crippen LogP contribution < -0.4 is 0 Å². The molecule has 9 nitrogen and oxygen atoms in total. The monoisotopic (exact) mass is 289 g/mol. The summed E-state index contributed by atoms with van der Waals surface area (Å²) in [5.74, 6) is -8.38. The van der Waals surface area contributed by atoms with Gasteiger partial charge < -0.3 is 25.2 Å². The van der Waals surface area contributed by atoms with E-state index in [0.29, 0.717) is 6.08 Å². The molecular formula is C11H13O9. The van der Waals surface area contributed by atoms with Crippen LogP contribution in [0.15, 0.2) is 11.8 Å². The zero-order chi connectivity index (χ0) is 16.1. The molecular weight excluding hydrogens is 276 g/mol. The lowest BCUT2D eigenvalue weighted by Crippen LogP contribution is -2.56. The van der Waals surface area contributed by atoms with Gasteiger partial charge in [-0.05, 0) is 20.3 Å². The zero-order valence-electron chi connectivity index (χ0n) is 10.4. The van der Waals surface area contributed by atoms with Crippen LogP contribution in [0.1, 0.15) is 13.3 Å². The molecule has 0 aliphatic heterocycles. The van der Waals surface area contributed by atoms with Crippen molar-refractivity contribution in [2.75, 3.05) is 0 Å². The average Bonchev–Trinajstić information content (AvgIpc) is 2.25. The fourth-order valence-electron chi connectivity index (χ4n) is 1.40. The predicted octanol–water partition coefficient (Wildman–Crippen LogP) is -0.176. The molecule has 0 spiro atoms. The van der Waals surface area contributed by atoms with Crippen LogP contribution in [0.3, 0.4) is 0 Å². The van der Waals surface area contributed by atoms with E-state index in [4.69, 9.17) is 20.4 Å². The van der Waals surface area contributed by atoms with Crippen LogP contribution >= 0.6 is 0 Å². The van der Waals surface area contributed by atoms with Crippen LogP contribution in [0, 0.1) is 12.3 Å². The quantitative estimate of drug-likeness (QED) is 0.216. The molecule has 0 aromatic rings. The summed E-state index contributed by atoms with van der Waals surface area (Å²) >= 11 is 0. The van der Waals surface area contributed by atoms with Gasteiger partial charge in [0.1, 0.15) is 6.10 Å². The third-order valence-electron chi connectivity index (χ3n) is 2.34. The Morgan fingerprint density at radius 2 is 1.50 bits per heavy atom. The van der Waals surface area contributed by atoms with Crippen molar-refractivity contribution in [3.8, 4) is 0 Å². The maximum Gasteiger partial charge on any atom is 0.336 e. The normalized spacial score (nSPS) is 13.4. The van der Waals surface area contributed by atoms with Crippen LogP contribution in [-0.2, 0) is 23.9 Å². The number of esters is 1. The SMILES string of the molecule is [CH2]CC(OC(=O)C=C(C)O)C(C(=O)O)(C(=O)O)C(=O)O. The summed E-state index contributed by atoms with van der Waals surface area (Å²) < 4.78 is 4.48. The highest BCUT2D eigenvalue weighted by Gasteiger charge is 2.61. The smallest absolute Gasteiger partial charge is 0.336 e. The number of aliphatic hydroxyl groups is 1. The minimum atomic E-state index is -3.38. The van der Waals surface area contributed by atoms with Crippen molar-refractivity contribution in [2.45, 2.75) is 19.4 Å². The number of rotatable bonds is 7. The van der Waals surface area contributed by atoms with Gasteiger partial charge in [0, 0.05) is 0 Å². The van der Waals surface area contributed by atoms with Crippen LogP contribution in [0.5, 0.6) is 0 Å². The highest BCUT2D eigenvalue weighted by molar-refractivity contribution is 6.17. The molecule has 0 rings (SSSR count). The van der Waals surface area contributed by atoms with E-state index in [9.17, 15) is 19.2 Å². The van der Waals surface area contributed by atoms with Crippen molar-refractivity contribution >= 4 is 23.9 Å². The van der Waals surface area contributed by atoms with Crippen LogP contribution in [0.25, 0.3) is 0 Å². The van der Waals surface area contributed by atoms with Crippen LogP contribution in [0.4, 0.5) is 0 Å². The Hall–Kier alpha value is -2.58. The summed E-state index contributed by atoms with van der Waals surface area (Å²) in [7, 11) is 0. The first-order valence-corrected chi connectivity index (χ1v) is 5.18. The number of carboxylic acid groups (broad SMARTS) is 3. The summed E-state index contributed by atoms with van der Waals surface area (Å²) in [4.78, 5) is 44.5. The van der Waals surface area contributed by atoms with Crippen LogP contribution in [-0.4, -0.2) is 50.4 Å². The second kappa shape index (κ2) is 6.55. The molecule has 0 heterocycles. The number of hydrogen-bond donors (Lipinski definition) is 4. The number of ether oxygens (including phenoxy) is 1. The average molecular weight is 289 g/mol. The Bertz CT molecular complexity index is 422. The maximum atomic E-state index is 11.3. The minimum Gasteiger partial charge on any atom is -0.512 e. The molecule has 111 valence electrons. The first-order chi connectivity index (χ1) is 9.10. The summed E-state index contributed by atoms with van der Waals surface area (Å²) in [5, 5.41) is 35.6. The number of aliphatic carboxylic acids is 3. The van der Waals surface area contributed by atoms with Crippen molar-refractivity contribution in [2.24, 2.45) is 5.41 Å². The molecule has 1 atom stereocenters. The van der Waals surface area contributed by atoms with Gasteiger partial charge in [-0.1, -0.05) is 0 Å². The largest absolute Gasteiger partial charge is 0.512 e. The molecule has 0 aliphatic carbocycles. The molecule has 0 saturated heterocycles. The number of aliphatic hydroxyl groups excluding tert-OH is 1. The molecule has 0 aliphatic rings. The first kappa shape index (κ1) is 17.4. The van der Waals surface area contributed by atoms with Gasteiger partial charge in [0.2, 0.25) is 0 Å². The Kier molecular flexibility index (Phi) is 5.70. The van der Waals surface area contributed by atoms with Gasteiger partial charge in [0.05, 0.1) is 11.8 Å². The molecule has 0 amide bonds. The predicted molar refractivity (Wildman–Crippen MR) is 61.6 cm³/mol. The second-order valence-corrected chi connectivity index (χ2v) is 3.72. The summed E-state index contributed by atoms with van der Waals surface area (Å²) in [6.07, 6.45) is -2.13. The molecule has 4 N–H and O–H groups in total. The molecule has 1 unspecified atom stereocenters. The first-order valence-electron chi connectivity index (χ1n) is 5.18. The van der Waals surface area contributed by atoms with E-state index in [2.05, 4.69) is 11.7 Å². The minimum absolute atomic E-state index is 0.482. The van der Waals surface area contributed by atoms with Gasteiger partial charge in [-0.2, -0.15) is 0 Å². The van der Waals surface area contributed by atoms with Crippen molar-refractivity contribution < 1.29 is 44.3 Å². The van der Waals surface area contributed by atoms with E-state index in [-0.39, 0.29) is 0 Å². The number of allylic oxidation sites excluding steroid dienone is 1. The van der Waals surface area contributed by atoms with E-state index >= 15 is 0 Å². The Morgan fingerprint density at radius 1 is 1.10 bits per heavy atom. The third kappa shape index (κ3) is 3.25. The van der Waals surface area contributed by atoms with Crippen molar-refractivity contribution in [3.05, 3.63) is 18.8 Å². The Balaban J connectivity index is 5.70. The number of hydrogen-bond acceptors (Lipinski definition) is 6. The number of carboxylic acids is 3. The van der Waals surface area contributed by atoms with E-state index < -0.39 is 47.6 Å². The lowest BCUT2D eigenvalue weighted by atomic mass is 9.80. The summed E-state index contributed by atoms with van der Waals surface area (Å²) in [6.45, 7) is 4.29. The Morgan fingerprint density at radius 3 is 1.75 bits per heavy atom. The molecule has 0 fully saturated rings. The molecule has 1 radical (unpaired) electrons. The molecule has 0 aromatic carbocycles. The van der Waals surface area contributed by atoms with E-state index in [0.717, 1.165) is 6.92 Å². The van der Waals surface area contributed by atoms with Gasteiger partial charge in [0.15, 0.2) is 0 Å². The van der Waals surface area contributed by atoms with Crippen molar-refractivity contribution in [1.29, 1.82) is 0 Å². The highest BCUT2D eigenvalue weighted by Crippen LogP contribution is 2.29. The fraction of sp³-hybridized carbons (Fsp3) is 0.364. The van der Waals surface area contributed by atoms with Gasteiger partial charge >= 0.3 is 23.9 Å². The Labute approximate surface area is 113 Å².